The fraction of sp³-hybridized carbons (Fsp3) is 0.0500. The van der Waals surface area contributed by atoms with Crippen molar-refractivity contribution in [1.82, 2.24) is 0 Å². The van der Waals surface area contributed by atoms with Crippen molar-refractivity contribution in [3.05, 3.63) is 86.9 Å². The quantitative estimate of drug-likeness (QED) is 0.480. The van der Waals surface area contributed by atoms with Gasteiger partial charge in [-0.3, -0.25) is 9.52 Å². The molecule has 0 saturated heterocycles. The minimum absolute atomic E-state index is 0.0167. The minimum atomic E-state index is -4.02. The van der Waals surface area contributed by atoms with E-state index in [0.717, 1.165) is 5.56 Å². The largest absolute Gasteiger partial charge is 0.319 e. The van der Waals surface area contributed by atoms with Crippen LogP contribution in [0.25, 0.3) is 0 Å². The standard InChI is InChI=1S/C20H15Cl3N2O3S/c1-12-5-8-14(9-6-12)25-29(27,28)18-11-13(7-10-15(18)21)20(26)24-19-16(22)3-2-4-17(19)23/h2-11,25H,1H3,(H,24,26). The van der Waals surface area contributed by atoms with Crippen LogP contribution in [0, 0.1) is 6.92 Å². The Labute approximate surface area is 183 Å². The number of halogens is 3. The number of carbonyl (C=O) groups excluding carboxylic acids is 1. The number of para-hydroxylation sites is 1. The van der Waals surface area contributed by atoms with Crippen LogP contribution in [0.15, 0.2) is 65.6 Å². The second-order valence-electron chi connectivity index (χ2n) is 6.17. The molecule has 0 radical (unpaired) electrons. The third-order valence-corrected chi connectivity index (χ3v) is 6.48. The zero-order valence-corrected chi connectivity index (χ0v) is 18.1. The monoisotopic (exact) mass is 468 g/mol. The molecule has 2 N–H and O–H groups in total. The van der Waals surface area contributed by atoms with Gasteiger partial charge in [-0.15, -0.1) is 0 Å². The first kappa shape index (κ1) is 21.5. The van der Waals surface area contributed by atoms with Crippen LogP contribution in [0.3, 0.4) is 0 Å². The molecule has 0 saturated carbocycles. The Balaban J connectivity index is 1.91. The molecule has 0 spiro atoms. The molecule has 150 valence electrons. The molecule has 5 nitrogen and oxygen atoms in total. The Kier molecular flexibility index (Phi) is 6.39. The molecule has 0 atom stereocenters. The lowest BCUT2D eigenvalue weighted by atomic mass is 10.2. The van der Waals surface area contributed by atoms with E-state index in [4.69, 9.17) is 34.8 Å². The summed E-state index contributed by atoms with van der Waals surface area (Å²) < 4.78 is 28.0. The van der Waals surface area contributed by atoms with Gasteiger partial charge in [0.2, 0.25) is 0 Å². The van der Waals surface area contributed by atoms with Gasteiger partial charge in [-0.05, 0) is 49.4 Å². The summed E-state index contributed by atoms with van der Waals surface area (Å²) in [5, 5.41) is 3.09. The third-order valence-electron chi connectivity index (χ3n) is 3.99. The van der Waals surface area contributed by atoms with Crippen LogP contribution < -0.4 is 10.0 Å². The first-order valence-electron chi connectivity index (χ1n) is 8.32. The van der Waals surface area contributed by atoms with Crippen molar-refractivity contribution in [2.45, 2.75) is 11.8 Å². The van der Waals surface area contributed by atoms with E-state index in [1.165, 1.54) is 18.2 Å². The zero-order valence-electron chi connectivity index (χ0n) is 15.0. The van der Waals surface area contributed by atoms with Crippen molar-refractivity contribution >= 4 is 62.1 Å². The number of amides is 1. The van der Waals surface area contributed by atoms with E-state index < -0.39 is 15.9 Å². The number of carbonyl (C=O) groups is 1. The van der Waals surface area contributed by atoms with Crippen LogP contribution in [0.5, 0.6) is 0 Å². The highest BCUT2D eigenvalue weighted by molar-refractivity contribution is 7.92. The summed E-state index contributed by atoms with van der Waals surface area (Å²) in [6.45, 7) is 1.89. The van der Waals surface area contributed by atoms with E-state index in [1.54, 1.807) is 42.5 Å². The maximum Gasteiger partial charge on any atom is 0.263 e. The van der Waals surface area contributed by atoms with E-state index in [0.29, 0.717) is 5.69 Å². The second-order valence-corrected chi connectivity index (χ2v) is 9.04. The number of sulfonamides is 1. The molecule has 9 heteroatoms. The van der Waals surface area contributed by atoms with Gasteiger partial charge in [-0.2, -0.15) is 0 Å². The van der Waals surface area contributed by atoms with Crippen molar-refractivity contribution < 1.29 is 13.2 Å². The highest BCUT2D eigenvalue weighted by Crippen LogP contribution is 2.31. The zero-order chi connectivity index (χ0) is 21.2. The maximum atomic E-state index is 12.8. The lowest BCUT2D eigenvalue weighted by molar-refractivity contribution is 0.102. The normalized spacial score (nSPS) is 11.2. The van der Waals surface area contributed by atoms with Gasteiger partial charge in [-0.1, -0.05) is 58.6 Å². The molecule has 0 aliphatic heterocycles. The number of rotatable bonds is 5. The van der Waals surface area contributed by atoms with Gasteiger partial charge in [0.1, 0.15) is 4.90 Å². The van der Waals surface area contributed by atoms with Crippen LogP contribution in [0.2, 0.25) is 15.1 Å². The highest BCUT2D eigenvalue weighted by Gasteiger charge is 2.21. The van der Waals surface area contributed by atoms with Gasteiger partial charge in [-0.25, -0.2) is 8.42 Å². The van der Waals surface area contributed by atoms with Crippen molar-refractivity contribution in [1.29, 1.82) is 0 Å². The average Bonchev–Trinajstić information content (AvgIpc) is 2.66. The minimum Gasteiger partial charge on any atom is -0.319 e. The molecule has 3 aromatic rings. The molecular weight excluding hydrogens is 455 g/mol. The average molecular weight is 470 g/mol. The number of hydrogen-bond donors (Lipinski definition) is 2. The molecule has 0 bridgehead atoms. The van der Waals surface area contributed by atoms with Crippen LogP contribution >= 0.6 is 34.8 Å². The number of hydrogen-bond acceptors (Lipinski definition) is 3. The summed E-state index contributed by atoms with van der Waals surface area (Å²) in [5.41, 5.74) is 1.68. The van der Waals surface area contributed by atoms with Gasteiger partial charge in [0, 0.05) is 11.3 Å². The molecule has 0 aliphatic carbocycles. The Morgan fingerprint density at radius 2 is 1.48 bits per heavy atom. The molecule has 0 aliphatic rings. The summed E-state index contributed by atoms with van der Waals surface area (Å²) in [6.07, 6.45) is 0. The van der Waals surface area contributed by atoms with Gasteiger partial charge < -0.3 is 5.32 Å². The van der Waals surface area contributed by atoms with Gasteiger partial charge in [0.25, 0.3) is 15.9 Å². The van der Waals surface area contributed by atoms with E-state index in [1.807, 2.05) is 6.92 Å². The first-order valence-corrected chi connectivity index (χ1v) is 10.9. The molecule has 0 unspecified atom stereocenters. The van der Waals surface area contributed by atoms with E-state index in [9.17, 15) is 13.2 Å². The predicted octanol–water partition coefficient (Wildman–Crippen LogP) is 6.01. The Bertz CT molecular complexity index is 1160. The van der Waals surface area contributed by atoms with Crippen LogP contribution in [-0.4, -0.2) is 14.3 Å². The van der Waals surface area contributed by atoms with Crippen LogP contribution in [0.1, 0.15) is 15.9 Å². The van der Waals surface area contributed by atoms with Crippen molar-refractivity contribution in [3.63, 3.8) is 0 Å². The molecule has 3 rings (SSSR count). The third kappa shape index (κ3) is 5.03. The Hall–Kier alpha value is -2.25. The predicted molar refractivity (Wildman–Crippen MR) is 118 cm³/mol. The molecule has 0 aromatic heterocycles. The number of benzene rings is 3. The van der Waals surface area contributed by atoms with Crippen LogP contribution in [-0.2, 0) is 10.0 Å². The maximum absolute atomic E-state index is 12.8. The summed E-state index contributed by atoms with van der Waals surface area (Å²) in [4.78, 5) is 12.4. The van der Waals surface area contributed by atoms with E-state index in [-0.39, 0.29) is 31.2 Å². The second kappa shape index (κ2) is 8.63. The smallest absolute Gasteiger partial charge is 0.263 e. The van der Waals surface area contributed by atoms with E-state index >= 15 is 0 Å². The summed E-state index contributed by atoms with van der Waals surface area (Å²) in [6, 6.07) is 15.6. The first-order chi connectivity index (χ1) is 13.7. The molecule has 0 fully saturated rings. The van der Waals surface area contributed by atoms with Crippen molar-refractivity contribution in [3.8, 4) is 0 Å². The fourth-order valence-electron chi connectivity index (χ4n) is 2.49. The molecule has 0 heterocycles. The number of nitrogens with one attached hydrogen (secondary N) is 2. The lowest BCUT2D eigenvalue weighted by Crippen LogP contribution is -2.16. The summed E-state index contributed by atoms with van der Waals surface area (Å²) in [7, 11) is -4.02. The van der Waals surface area contributed by atoms with Gasteiger partial charge in [0.05, 0.1) is 20.8 Å². The summed E-state index contributed by atoms with van der Waals surface area (Å²) in [5.74, 6) is -0.580. The molecule has 1 amide bonds. The lowest BCUT2D eigenvalue weighted by Gasteiger charge is -2.12. The van der Waals surface area contributed by atoms with Crippen molar-refractivity contribution in [2.75, 3.05) is 10.0 Å². The van der Waals surface area contributed by atoms with Crippen molar-refractivity contribution in [2.24, 2.45) is 0 Å². The number of aryl methyl sites for hydroxylation is 1. The molecular formula is C20H15Cl3N2O3S. The SMILES string of the molecule is Cc1ccc(NS(=O)(=O)c2cc(C(=O)Nc3c(Cl)cccc3Cl)ccc2Cl)cc1. The Morgan fingerprint density at radius 3 is 2.10 bits per heavy atom. The number of anilines is 2. The molecule has 3 aromatic carbocycles. The summed E-state index contributed by atoms with van der Waals surface area (Å²) >= 11 is 18.2. The highest BCUT2D eigenvalue weighted by atomic mass is 35.5. The molecule has 29 heavy (non-hydrogen) atoms. The topological polar surface area (TPSA) is 75.3 Å². The fourth-order valence-corrected chi connectivity index (χ4v) is 4.56. The Morgan fingerprint density at radius 1 is 0.862 bits per heavy atom. The van der Waals surface area contributed by atoms with E-state index in [2.05, 4.69) is 10.0 Å². The van der Waals surface area contributed by atoms with Crippen LogP contribution in [0.4, 0.5) is 11.4 Å². The van der Waals surface area contributed by atoms with Gasteiger partial charge >= 0.3 is 0 Å². The van der Waals surface area contributed by atoms with Gasteiger partial charge in [0.15, 0.2) is 0 Å².